The van der Waals surface area contributed by atoms with Gasteiger partial charge in [-0.05, 0) is 27.3 Å². The van der Waals surface area contributed by atoms with E-state index in [1.807, 2.05) is 5.51 Å². The largest absolute Gasteiger partial charge is 0.306 e. The molecule has 1 heterocycles. The maximum atomic E-state index is 4.28. The predicted octanol–water partition coefficient (Wildman–Crippen LogP) is 3.07. The van der Waals surface area contributed by atoms with Gasteiger partial charge in [-0.15, -0.1) is 11.3 Å². The molecule has 0 aliphatic rings. The van der Waals surface area contributed by atoms with E-state index in [0.717, 1.165) is 12.2 Å². The standard InChI is InChI=1S/C11H18N2S/c1-5-12-10(6-8(2)3)11-9(4)13-7-14-11/h6-7,10,12H,5H2,1-4H3. The zero-order valence-corrected chi connectivity index (χ0v) is 10.1. The van der Waals surface area contributed by atoms with Crippen molar-refractivity contribution in [3.05, 3.63) is 27.7 Å². The minimum Gasteiger partial charge on any atom is -0.306 e. The van der Waals surface area contributed by atoms with Crippen LogP contribution >= 0.6 is 11.3 Å². The summed E-state index contributed by atoms with van der Waals surface area (Å²) in [5, 5.41) is 3.45. The molecule has 1 atom stereocenters. The van der Waals surface area contributed by atoms with Crippen molar-refractivity contribution < 1.29 is 0 Å². The Morgan fingerprint density at radius 1 is 1.64 bits per heavy atom. The summed E-state index contributed by atoms with van der Waals surface area (Å²) >= 11 is 1.72. The quantitative estimate of drug-likeness (QED) is 0.773. The molecule has 0 aromatic carbocycles. The van der Waals surface area contributed by atoms with Gasteiger partial charge in [0.2, 0.25) is 0 Å². The fourth-order valence-electron chi connectivity index (χ4n) is 1.39. The zero-order valence-electron chi connectivity index (χ0n) is 9.29. The van der Waals surface area contributed by atoms with Gasteiger partial charge in [0.1, 0.15) is 0 Å². The van der Waals surface area contributed by atoms with Crippen LogP contribution in [-0.4, -0.2) is 11.5 Å². The Balaban J connectivity index is 2.88. The van der Waals surface area contributed by atoms with E-state index in [0.29, 0.717) is 6.04 Å². The molecule has 1 unspecified atom stereocenters. The van der Waals surface area contributed by atoms with Crippen molar-refractivity contribution in [3.8, 4) is 0 Å². The summed E-state index contributed by atoms with van der Waals surface area (Å²) in [6.07, 6.45) is 2.25. The molecule has 0 aliphatic heterocycles. The van der Waals surface area contributed by atoms with Gasteiger partial charge in [0.15, 0.2) is 0 Å². The molecule has 2 nitrogen and oxygen atoms in total. The van der Waals surface area contributed by atoms with Gasteiger partial charge in [-0.1, -0.05) is 18.6 Å². The number of aromatic nitrogens is 1. The van der Waals surface area contributed by atoms with Gasteiger partial charge < -0.3 is 5.32 Å². The molecule has 0 aliphatic carbocycles. The second-order valence-corrected chi connectivity index (χ2v) is 4.47. The number of likely N-dealkylation sites (N-methyl/N-ethyl adjacent to an activating group) is 1. The lowest BCUT2D eigenvalue weighted by molar-refractivity contribution is 0.649. The molecule has 0 saturated heterocycles. The Hall–Kier alpha value is -0.670. The third kappa shape index (κ3) is 2.93. The highest BCUT2D eigenvalue weighted by Crippen LogP contribution is 2.23. The van der Waals surface area contributed by atoms with Crippen LogP contribution in [0.2, 0.25) is 0 Å². The Morgan fingerprint density at radius 2 is 2.36 bits per heavy atom. The number of thiazole rings is 1. The fraction of sp³-hybridized carbons (Fsp3) is 0.545. The van der Waals surface area contributed by atoms with E-state index in [2.05, 4.69) is 44.1 Å². The van der Waals surface area contributed by atoms with Gasteiger partial charge in [0.25, 0.3) is 0 Å². The van der Waals surface area contributed by atoms with Gasteiger partial charge >= 0.3 is 0 Å². The number of allylic oxidation sites excluding steroid dienone is 1. The Kier molecular flexibility index (Phi) is 4.29. The van der Waals surface area contributed by atoms with E-state index in [4.69, 9.17) is 0 Å². The molecule has 0 spiro atoms. The van der Waals surface area contributed by atoms with E-state index in [9.17, 15) is 0 Å². The molecule has 0 amide bonds. The lowest BCUT2D eigenvalue weighted by atomic mass is 10.1. The van der Waals surface area contributed by atoms with Gasteiger partial charge in [-0.25, -0.2) is 4.98 Å². The minimum atomic E-state index is 0.331. The molecule has 1 rings (SSSR count). The van der Waals surface area contributed by atoms with Crippen molar-refractivity contribution in [2.45, 2.75) is 33.7 Å². The van der Waals surface area contributed by atoms with Crippen LogP contribution in [0.25, 0.3) is 0 Å². The summed E-state index contributed by atoms with van der Waals surface area (Å²) in [5.41, 5.74) is 4.38. The average Bonchev–Trinajstić information content (AvgIpc) is 2.50. The van der Waals surface area contributed by atoms with E-state index in [1.165, 1.54) is 10.5 Å². The van der Waals surface area contributed by atoms with Crippen LogP contribution in [0.1, 0.15) is 37.4 Å². The van der Waals surface area contributed by atoms with Crippen LogP contribution in [0, 0.1) is 6.92 Å². The smallest absolute Gasteiger partial charge is 0.0798 e. The van der Waals surface area contributed by atoms with Gasteiger partial charge in [-0.3, -0.25) is 0 Å². The first-order valence-corrected chi connectivity index (χ1v) is 5.81. The van der Waals surface area contributed by atoms with Crippen molar-refractivity contribution in [3.63, 3.8) is 0 Å². The zero-order chi connectivity index (χ0) is 10.6. The fourth-order valence-corrected chi connectivity index (χ4v) is 2.24. The van der Waals surface area contributed by atoms with E-state index >= 15 is 0 Å². The monoisotopic (exact) mass is 210 g/mol. The summed E-state index contributed by atoms with van der Waals surface area (Å²) in [4.78, 5) is 5.60. The second kappa shape index (κ2) is 5.27. The highest BCUT2D eigenvalue weighted by atomic mass is 32.1. The van der Waals surface area contributed by atoms with Crippen LogP contribution in [0.3, 0.4) is 0 Å². The topological polar surface area (TPSA) is 24.9 Å². The lowest BCUT2D eigenvalue weighted by Crippen LogP contribution is -2.19. The Bertz CT molecular complexity index is 311. The Morgan fingerprint density at radius 3 is 2.79 bits per heavy atom. The number of aryl methyl sites for hydroxylation is 1. The van der Waals surface area contributed by atoms with Crippen LogP contribution in [0.5, 0.6) is 0 Å². The summed E-state index contributed by atoms with van der Waals surface area (Å²) in [6, 6.07) is 0.331. The highest BCUT2D eigenvalue weighted by molar-refractivity contribution is 7.09. The van der Waals surface area contributed by atoms with Crippen LogP contribution in [-0.2, 0) is 0 Å². The van der Waals surface area contributed by atoms with Crippen LogP contribution < -0.4 is 5.32 Å². The molecule has 0 bridgehead atoms. The number of rotatable bonds is 4. The molecule has 1 aromatic heterocycles. The maximum Gasteiger partial charge on any atom is 0.0798 e. The van der Waals surface area contributed by atoms with Crippen molar-refractivity contribution in [2.24, 2.45) is 0 Å². The summed E-state index contributed by atoms with van der Waals surface area (Å²) in [5.74, 6) is 0. The molecule has 1 aromatic rings. The normalized spacial score (nSPS) is 12.6. The highest BCUT2D eigenvalue weighted by Gasteiger charge is 2.11. The van der Waals surface area contributed by atoms with E-state index in [-0.39, 0.29) is 0 Å². The first kappa shape index (κ1) is 11.4. The lowest BCUT2D eigenvalue weighted by Gasteiger charge is -2.13. The molecule has 78 valence electrons. The molecule has 1 N–H and O–H groups in total. The van der Waals surface area contributed by atoms with Crippen LogP contribution in [0.15, 0.2) is 17.2 Å². The van der Waals surface area contributed by atoms with Gasteiger partial charge in [0, 0.05) is 4.88 Å². The summed E-state index contributed by atoms with van der Waals surface area (Å²) in [7, 11) is 0. The molecule has 3 heteroatoms. The molecule has 0 radical (unpaired) electrons. The van der Waals surface area contributed by atoms with Gasteiger partial charge in [0.05, 0.1) is 17.2 Å². The molecule has 0 saturated carbocycles. The molecule has 0 fully saturated rings. The Labute approximate surface area is 90.1 Å². The van der Waals surface area contributed by atoms with Crippen molar-refractivity contribution in [2.75, 3.05) is 6.54 Å². The van der Waals surface area contributed by atoms with Crippen molar-refractivity contribution in [1.82, 2.24) is 10.3 Å². The number of hydrogen-bond acceptors (Lipinski definition) is 3. The number of nitrogens with zero attached hydrogens (tertiary/aromatic N) is 1. The maximum absolute atomic E-state index is 4.28. The second-order valence-electron chi connectivity index (χ2n) is 3.58. The summed E-state index contributed by atoms with van der Waals surface area (Å²) < 4.78 is 0. The predicted molar refractivity (Wildman–Crippen MR) is 62.7 cm³/mol. The first-order chi connectivity index (χ1) is 6.65. The average molecular weight is 210 g/mol. The minimum absolute atomic E-state index is 0.331. The van der Waals surface area contributed by atoms with E-state index in [1.54, 1.807) is 11.3 Å². The molecule has 14 heavy (non-hydrogen) atoms. The van der Waals surface area contributed by atoms with E-state index < -0.39 is 0 Å². The van der Waals surface area contributed by atoms with Crippen molar-refractivity contribution in [1.29, 1.82) is 0 Å². The van der Waals surface area contributed by atoms with Crippen LogP contribution in [0.4, 0.5) is 0 Å². The summed E-state index contributed by atoms with van der Waals surface area (Å²) in [6.45, 7) is 9.42. The first-order valence-electron chi connectivity index (χ1n) is 4.93. The van der Waals surface area contributed by atoms with Gasteiger partial charge in [-0.2, -0.15) is 0 Å². The number of nitrogens with one attached hydrogen (secondary N) is 1. The third-order valence-corrected chi connectivity index (χ3v) is 3.00. The SMILES string of the molecule is CCNC(C=C(C)C)c1scnc1C. The number of hydrogen-bond donors (Lipinski definition) is 1. The molecular weight excluding hydrogens is 192 g/mol. The molecular formula is C11H18N2S. The van der Waals surface area contributed by atoms with Crippen molar-refractivity contribution >= 4 is 11.3 Å². The third-order valence-electron chi connectivity index (χ3n) is 1.99.